The molecule has 4 atom stereocenters. The molecule has 8 heterocycles. The van der Waals surface area contributed by atoms with Gasteiger partial charge in [0, 0.05) is 33.0 Å². The van der Waals surface area contributed by atoms with Crippen LogP contribution in [0.25, 0.3) is 44.6 Å². The molecule has 10 rings (SSSR count). The molecule has 2 N–H and O–H groups in total. The van der Waals surface area contributed by atoms with Crippen LogP contribution in [0.2, 0.25) is 0 Å². The van der Waals surface area contributed by atoms with E-state index in [1.807, 2.05) is 60.7 Å². The van der Waals surface area contributed by atoms with Crippen LogP contribution in [-0.2, 0) is 43.4 Å². The Morgan fingerprint density at radius 3 is 1.48 bits per heavy atom. The Morgan fingerprint density at radius 2 is 1.07 bits per heavy atom. The second-order valence-corrected chi connectivity index (χ2v) is 14.0. The summed E-state index contributed by atoms with van der Waals surface area (Å²) in [5.74, 6) is -2.10. The lowest BCUT2D eigenvalue weighted by Gasteiger charge is -2.35. The lowest BCUT2D eigenvalue weighted by Crippen LogP contribution is -2.46. The molecule has 0 amide bonds. The molecular formula is C40H30N6O8. The van der Waals surface area contributed by atoms with Gasteiger partial charge in [-0.2, -0.15) is 0 Å². The van der Waals surface area contributed by atoms with Crippen molar-refractivity contribution < 1.29 is 29.3 Å². The number of ether oxygens (including phenoxy) is 2. The highest BCUT2D eigenvalue weighted by atomic mass is 16.6. The van der Waals surface area contributed by atoms with Crippen molar-refractivity contribution in [2.75, 3.05) is 0 Å². The fourth-order valence-corrected chi connectivity index (χ4v) is 8.23. The topological polar surface area (TPSA) is 188 Å². The van der Waals surface area contributed by atoms with Crippen LogP contribution < -0.4 is 11.1 Å². The molecule has 4 aliphatic heterocycles. The number of aliphatic hydroxyl groups is 2. The number of nitrogens with zero attached hydrogens (tertiary/aromatic N) is 6. The molecule has 14 nitrogen and oxygen atoms in total. The SMILES string of the molecule is CC[C@@]1(O)C(=O)OC(/N=N/C2OC(=O)[C@](O)(CC)c3cc4n(c(=O)c32)Cc2cc3ccccc3nc2-4)c2c1cc1n(c2=O)Cc2cc3ccccc3nc2-1. The largest absolute Gasteiger partial charge is 0.431 e. The third kappa shape index (κ3) is 4.23. The van der Waals surface area contributed by atoms with Crippen LogP contribution >= 0.6 is 0 Å². The summed E-state index contributed by atoms with van der Waals surface area (Å²) in [7, 11) is 0. The number of para-hydroxylation sites is 2. The number of cyclic esters (lactones) is 2. The number of aromatic nitrogens is 4. The van der Waals surface area contributed by atoms with Crippen molar-refractivity contribution in [3.63, 3.8) is 0 Å². The van der Waals surface area contributed by atoms with Gasteiger partial charge < -0.3 is 28.8 Å². The number of esters is 2. The molecule has 0 saturated heterocycles. The van der Waals surface area contributed by atoms with E-state index in [4.69, 9.17) is 19.4 Å². The van der Waals surface area contributed by atoms with Gasteiger partial charge >= 0.3 is 11.9 Å². The second-order valence-electron chi connectivity index (χ2n) is 14.0. The molecule has 0 bridgehead atoms. The van der Waals surface area contributed by atoms with Crippen molar-refractivity contribution in [3.05, 3.63) is 127 Å². The van der Waals surface area contributed by atoms with Crippen molar-refractivity contribution in [2.24, 2.45) is 10.2 Å². The van der Waals surface area contributed by atoms with Gasteiger partial charge in [0.1, 0.15) is 0 Å². The predicted octanol–water partition coefficient (Wildman–Crippen LogP) is 4.62. The zero-order valence-electron chi connectivity index (χ0n) is 28.9. The van der Waals surface area contributed by atoms with E-state index < -0.39 is 46.7 Å². The summed E-state index contributed by atoms with van der Waals surface area (Å²) in [5.41, 5.74) is -0.797. The number of benzene rings is 2. The van der Waals surface area contributed by atoms with Crippen molar-refractivity contribution in [1.29, 1.82) is 0 Å². The molecule has 4 aromatic heterocycles. The Morgan fingerprint density at radius 1 is 0.667 bits per heavy atom. The number of rotatable bonds is 4. The van der Waals surface area contributed by atoms with Crippen LogP contribution in [0, 0.1) is 0 Å². The molecule has 0 aliphatic carbocycles. The summed E-state index contributed by atoms with van der Waals surface area (Å²) in [6.45, 7) is 3.53. The van der Waals surface area contributed by atoms with Gasteiger partial charge in [-0.1, -0.05) is 50.2 Å². The van der Waals surface area contributed by atoms with E-state index in [0.29, 0.717) is 22.8 Å². The Labute approximate surface area is 305 Å². The third-order valence-corrected chi connectivity index (χ3v) is 11.2. The van der Waals surface area contributed by atoms with Crippen molar-refractivity contribution in [2.45, 2.75) is 63.4 Å². The number of carbonyl (C=O) groups is 2. The average molecular weight is 723 g/mol. The highest BCUT2D eigenvalue weighted by Gasteiger charge is 2.51. The van der Waals surface area contributed by atoms with E-state index >= 15 is 0 Å². The summed E-state index contributed by atoms with van der Waals surface area (Å²) in [6.07, 6.45) is -3.54. The molecule has 2 aromatic carbocycles. The van der Waals surface area contributed by atoms with E-state index in [0.717, 1.165) is 32.9 Å². The first-order chi connectivity index (χ1) is 26.0. The molecule has 0 radical (unpaired) electrons. The number of carbonyl (C=O) groups excluding carboxylic acids is 2. The van der Waals surface area contributed by atoms with Crippen LogP contribution in [0.3, 0.4) is 0 Å². The van der Waals surface area contributed by atoms with Crippen LogP contribution in [0.4, 0.5) is 0 Å². The molecule has 0 fully saturated rings. The summed E-state index contributed by atoms with van der Waals surface area (Å²) in [4.78, 5) is 65.2. The standard InChI is InChI=1S/C40H30N6O8/c1-3-39(51)23-15-27-31-21(13-19-9-5-7-11-25(19)41-31)17-45(27)35(47)29(23)33(53-37(39)49)43-44-34-30-24(40(52,4-2)38(50)54-34)16-28-32-22(18-46(28)36(30)48)14-20-10-6-8-12-26(20)42-32/h5-16,33-34,51-52H,3-4,17-18H2,1-2H3/b44-43+/t33?,34?,39-,40-/m0/s1. The number of hydrogen-bond donors (Lipinski definition) is 2. The van der Waals surface area contributed by atoms with Gasteiger partial charge in [-0.05, 0) is 49.2 Å². The predicted molar refractivity (Wildman–Crippen MR) is 192 cm³/mol. The van der Waals surface area contributed by atoms with Crippen LogP contribution in [0.5, 0.6) is 0 Å². The molecule has 14 heteroatoms. The molecule has 268 valence electrons. The van der Waals surface area contributed by atoms with Gasteiger partial charge in [-0.3, -0.25) is 9.59 Å². The van der Waals surface area contributed by atoms with Gasteiger partial charge in [-0.25, -0.2) is 19.6 Å². The summed E-state index contributed by atoms with van der Waals surface area (Å²) in [6, 6.07) is 22.1. The Kier molecular flexibility index (Phi) is 6.62. The maximum atomic E-state index is 14.3. The van der Waals surface area contributed by atoms with Gasteiger partial charge in [0.25, 0.3) is 11.1 Å². The zero-order valence-corrected chi connectivity index (χ0v) is 28.9. The van der Waals surface area contributed by atoms with Crippen LogP contribution in [0.1, 0.15) is 72.5 Å². The monoisotopic (exact) mass is 722 g/mol. The summed E-state index contributed by atoms with van der Waals surface area (Å²) < 4.78 is 14.1. The second kappa shape index (κ2) is 11.1. The van der Waals surface area contributed by atoms with Gasteiger partial charge in [0.2, 0.25) is 12.5 Å². The Hall–Kier alpha value is -6.38. The minimum atomic E-state index is -2.18. The van der Waals surface area contributed by atoms with Gasteiger partial charge in [0.05, 0.1) is 58.0 Å². The fraction of sp³-hybridized carbons (Fsp3) is 0.250. The Balaban J connectivity index is 1.10. The van der Waals surface area contributed by atoms with E-state index in [-0.39, 0.29) is 48.2 Å². The minimum Gasteiger partial charge on any atom is -0.431 e. The number of azo groups is 1. The number of pyridine rings is 4. The first-order valence-electron chi connectivity index (χ1n) is 17.7. The quantitative estimate of drug-likeness (QED) is 0.192. The van der Waals surface area contributed by atoms with E-state index in [9.17, 15) is 29.4 Å². The van der Waals surface area contributed by atoms with Crippen molar-refractivity contribution in [1.82, 2.24) is 19.1 Å². The highest BCUT2D eigenvalue weighted by Crippen LogP contribution is 2.45. The first-order valence-corrected chi connectivity index (χ1v) is 17.7. The number of fused-ring (bicyclic) bond motifs is 10. The van der Waals surface area contributed by atoms with Gasteiger partial charge in [-0.15, -0.1) is 10.2 Å². The maximum Gasteiger partial charge on any atom is 0.345 e. The number of hydrogen-bond acceptors (Lipinski definition) is 12. The smallest absolute Gasteiger partial charge is 0.345 e. The first kappa shape index (κ1) is 32.3. The van der Waals surface area contributed by atoms with Crippen LogP contribution in [-0.4, -0.2) is 41.3 Å². The third-order valence-electron chi connectivity index (χ3n) is 11.2. The van der Waals surface area contributed by atoms with Crippen LogP contribution in [0.15, 0.2) is 92.6 Å². The van der Waals surface area contributed by atoms with Crippen molar-refractivity contribution in [3.8, 4) is 22.8 Å². The summed E-state index contributed by atoms with van der Waals surface area (Å²) in [5, 5.41) is 33.5. The minimum absolute atomic E-state index is 0.00111. The van der Waals surface area contributed by atoms with E-state index in [1.54, 1.807) is 26.0 Å². The lowest BCUT2D eigenvalue weighted by atomic mass is 9.85. The molecule has 0 spiro atoms. The lowest BCUT2D eigenvalue weighted by molar-refractivity contribution is -0.181. The molecule has 54 heavy (non-hydrogen) atoms. The van der Waals surface area contributed by atoms with E-state index in [2.05, 4.69) is 10.2 Å². The Bertz CT molecular complexity index is 2670. The maximum absolute atomic E-state index is 14.3. The van der Waals surface area contributed by atoms with Crippen molar-refractivity contribution >= 4 is 33.7 Å². The molecule has 2 unspecified atom stereocenters. The average Bonchev–Trinajstić information content (AvgIpc) is 3.73. The van der Waals surface area contributed by atoms with Gasteiger partial charge in [0.15, 0.2) is 11.2 Å². The summed E-state index contributed by atoms with van der Waals surface area (Å²) >= 11 is 0. The normalized spacial score (nSPS) is 23.4. The molecule has 0 saturated carbocycles. The highest BCUT2D eigenvalue weighted by molar-refractivity contribution is 5.88. The molecule has 6 aromatic rings. The zero-order chi connectivity index (χ0) is 37.3. The van der Waals surface area contributed by atoms with E-state index in [1.165, 1.54) is 9.13 Å². The molecule has 4 aliphatic rings. The fourth-order valence-electron chi connectivity index (χ4n) is 8.23. The molecular weight excluding hydrogens is 692 g/mol.